The fraction of sp³-hybridized carbons (Fsp3) is 0.545. The van der Waals surface area contributed by atoms with Crippen molar-refractivity contribution in [3.63, 3.8) is 0 Å². The molecule has 2 aromatic heterocycles. The Morgan fingerprint density at radius 3 is 2.76 bits per heavy atom. The van der Waals surface area contributed by atoms with Crippen molar-refractivity contribution in [2.75, 3.05) is 0 Å². The van der Waals surface area contributed by atoms with Crippen molar-refractivity contribution < 1.29 is 0 Å². The summed E-state index contributed by atoms with van der Waals surface area (Å²) in [4.78, 5) is 15.9. The van der Waals surface area contributed by atoms with Gasteiger partial charge in [0.2, 0.25) is 0 Å². The highest BCUT2D eigenvalue weighted by atomic mass is 16.2. The highest BCUT2D eigenvalue weighted by Crippen LogP contribution is 2.17. The Bertz CT molecular complexity index is 577. The zero-order chi connectivity index (χ0) is 12.6. The SMILES string of the molecule is CC(C)(C)C(N)Cn1nc2cnccn2c1=O. The first-order valence-corrected chi connectivity index (χ1v) is 5.54. The van der Waals surface area contributed by atoms with Crippen molar-refractivity contribution in [1.82, 2.24) is 19.2 Å². The average Bonchev–Trinajstić information content (AvgIpc) is 2.55. The molecule has 0 saturated heterocycles. The van der Waals surface area contributed by atoms with Gasteiger partial charge in [0.15, 0.2) is 5.65 Å². The smallest absolute Gasteiger partial charge is 0.326 e. The van der Waals surface area contributed by atoms with Gasteiger partial charge in [-0.25, -0.2) is 13.9 Å². The molecule has 2 N–H and O–H groups in total. The molecule has 1 unspecified atom stereocenters. The Morgan fingerprint density at radius 1 is 1.47 bits per heavy atom. The van der Waals surface area contributed by atoms with Crippen LogP contribution < -0.4 is 11.4 Å². The minimum absolute atomic E-state index is 0.0620. The summed E-state index contributed by atoms with van der Waals surface area (Å²) in [5, 5.41) is 4.19. The van der Waals surface area contributed by atoms with Gasteiger partial charge in [-0.3, -0.25) is 4.98 Å². The molecule has 92 valence electrons. The van der Waals surface area contributed by atoms with Gasteiger partial charge < -0.3 is 5.73 Å². The average molecular weight is 235 g/mol. The van der Waals surface area contributed by atoms with Gasteiger partial charge in [0, 0.05) is 18.4 Å². The third-order valence-electron chi connectivity index (χ3n) is 2.87. The molecule has 0 aromatic carbocycles. The second-order valence-corrected chi connectivity index (χ2v) is 5.24. The maximum atomic E-state index is 12.0. The summed E-state index contributed by atoms with van der Waals surface area (Å²) < 4.78 is 2.86. The minimum atomic E-state index is -0.179. The molecule has 2 rings (SSSR count). The van der Waals surface area contributed by atoms with Crippen LogP contribution in [-0.4, -0.2) is 25.2 Å². The Kier molecular flexibility index (Phi) is 2.74. The monoisotopic (exact) mass is 235 g/mol. The Balaban J connectivity index is 2.38. The number of aromatic nitrogens is 4. The van der Waals surface area contributed by atoms with Crippen LogP contribution in [0.2, 0.25) is 0 Å². The number of rotatable bonds is 2. The Labute approximate surface area is 99.1 Å². The molecule has 2 aromatic rings. The number of hydrogen-bond donors (Lipinski definition) is 1. The van der Waals surface area contributed by atoms with Crippen molar-refractivity contribution in [1.29, 1.82) is 0 Å². The molecule has 2 heterocycles. The van der Waals surface area contributed by atoms with Gasteiger partial charge in [0.25, 0.3) is 0 Å². The molecule has 0 radical (unpaired) electrons. The van der Waals surface area contributed by atoms with E-state index in [0.717, 1.165) is 0 Å². The molecule has 0 saturated carbocycles. The lowest BCUT2D eigenvalue weighted by Gasteiger charge is -2.26. The molecule has 6 nitrogen and oxygen atoms in total. The first-order chi connectivity index (χ1) is 7.89. The molecule has 1 atom stereocenters. The lowest BCUT2D eigenvalue weighted by molar-refractivity contribution is 0.281. The van der Waals surface area contributed by atoms with Gasteiger partial charge in [0.1, 0.15) is 0 Å². The number of hydrogen-bond acceptors (Lipinski definition) is 4. The third-order valence-corrected chi connectivity index (χ3v) is 2.87. The van der Waals surface area contributed by atoms with Gasteiger partial charge in [-0.05, 0) is 5.41 Å². The largest absolute Gasteiger partial charge is 0.350 e. The molecule has 0 fully saturated rings. The molecule has 0 aliphatic rings. The second kappa shape index (κ2) is 3.96. The number of fused-ring (bicyclic) bond motifs is 1. The first kappa shape index (κ1) is 11.8. The standard InChI is InChI=1S/C11H17N5O/c1-11(2,3)8(12)7-16-10(17)15-5-4-13-6-9(15)14-16/h4-6,8H,7,12H2,1-3H3. The van der Waals surface area contributed by atoms with Gasteiger partial charge >= 0.3 is 5.69 Å². The third kappa shape index (κ3) is 2.21. The van der Waals surface area contributed by atoms with E-state index < -0.39 is 0 Å². The Hall–Kier alpha value is -1.69. The normalized spacial score (nSPS) is 14.1. The number of nitrogens with two attached hydrogens (primary N) is 1. The van der Waals surface area contributed by atoms with Crippen molar-refractivity contribution in [2.24, 2.45) is 11.1 Å². The zero-order valence-corrected chi connectivity index (χ0v) is 10.3. The second-order valence-electron chi connectivity index (χ2n) is 5.24. The molecule has 0 aliphatic heterocycles. The maximum Gasteiger partial charge on any atom is 0.350 e. The number of nitrogens with zero attached hydrogens (tertiary/aromatic N) is 4. The molecule has 0 spiro atoms. The summed E-state index contributed by atoms with van der Waals surface area (Å²) in [5.41, 5.74) is 6.35. The lowest BCUT2D eigenvalue weighted by Crippen LogP contribution is -2.41. The van der Waals surface area contributed by atoms with E-state index in [1.54, 1.807) is 18.6 Å². The van der Waals surface area contributed by atoms with E-state index in [9.17, 15) is 4.79 Å². The van der Waals surface area contributed by atoms with Crippen LogP contribution in [0.1, 0.15) is 20.8 Å². The summed E-state index contributed by atoms with van der Waals surface area (Å²) in [6.07, 6.45) is 4.72. The quantitative estimate of drug-likeness (QED) is 0.810. The minimum Gasteiger partial charge on any atom is -0.326 e. The van der Waals surface area contributed by atoms with E-state index in [-0.39, 0.29) is 17.1 Å². The summed E-state index contributed by atoms with van der Waals surface area (Å²) in [5.74, 6) is 0. The van der Waals surface area contributed by atoms with Crippen LogP contribution in [-0.2, 0) is 6.54 Å². The van der Waals surface area contributed by atoms with Gasteiger partial charge in [-0.2, -0.15) is 0 Å². The van der Waals surface area contributed by atoms with E-state index in [0.29, 0.717) is 12.2 Å². The molecule has 0 bridgehead atoms. The van der Waals surface area contributed by atoms with Crippen molar-refractivity contribution >= 4 is 5.65 Å². The molecular formula is C11H17N5O. The molecular weight excluding hydrogens is 218 g/mol. The van der Waals surface area contributed by atoms with E-state index in [1.165, 1.54) is 9.08 Å². The van der Waals surface area contributed by atoms with Crippen molar-refractivity contribution in [3.05, 3.63) is 29.1 Å². The van der Waals surface area contributed by atoms with Crippen LogP contribution >= 0.6 is 0 Å². The predicted octanol–water partition coefficient (Wildman–Crippen LogP) is 0.264. The molecule has 17 heavy (non-hydrogen) atoms. The fourth-order valence-corrected chi connectivity index (χ4v) is 1.46. The van der Waals surface area contributed by atoms with Crippen LogP contribution in [0.3, 0.4) is 0 Å². The molecule has 0 amide bonds. The highest BCUT2D eigenvalue weighted by Gasteiger charge is 2.22. The van der Waals surface area contributed by atoms with E-state index >= 15 is 0 Å². The van der Waals surface area contributed by atoms with Crippen LogP contribution in [0, 0.1) is 5.41 Å². The highest BCUT2D eigenvalue weighted by molar-refractivity contribution is 5.31. The van der Waals surface area contributed by atoms with Gasteiger partial charge in [-0.1, -0.05) is 20.8 Å². The van der Waals surface area contributed by atoms with E-state index in [2.05, 4.69) is 10.1 Å². The van der Waals surface area contributed by atoms with Crippen molar-refractivity contribution in [3.8, 4) is 0 Å². The first-order valence-electron chi connectivity index (χ1n) is 5.54. The molecule has 6 heteroatoms. The van der Waals surface area contributed by atoms with Crippen LogP contribution in [0.5, 0.6) is 0 Å². The predicted molar refractivity (Wildman–Crippen MR) is 64.7 cm³/mol. The zero-order valence-electron chi connectivity index (χ0n) is 10.3. The van der Waals surface area contributed by atoms with Gasteiger partial charge in [0.05, 0.1) is 12.7 Å². The lowest BCUT2D eigenvalue weighted by atomic mass is 9.87. The maximum absolute atomic E-state index is 12.0. The summed E-state index contributed by atoms with van der Waals surface area (Å²) in [6, 6.07) is -0.127. The Morgan fingerprint density at radius 2 is 2.18 bits per heavy atom. The van der Waals surface area contributed by atoms with Gasteiger partial charge in [-0.15, -0.1) is 5.10 Å². The summed E-state index contributed by atoms with van der Waals surface area (Å²) >= 11 is 0. The van der Waals surface area contributed by atoms with Crippen LogP contribution in [0.25, 0.3) is 5.65 Å². The topological polar surface area (TPSA) is 78.2 Å². The van der Waals surface area contributed by atoms with Crippen LogP contribution in [0.4, 0.5) is 0 Å². The fourth-order valence-electron chi connectivity index (χ4n) is 1.46. The van der Waals surface area contributed by atoms with E-state index in [1.807, 2.05) is 20.8 Å². The van der Waals surface area contributed by atoms with Crippen molar-refractivity contribution in [2.45, 2.75) is 33.4 Å². The summed E-state index contributed by atoms with van der Waals surface area (Å²) in [6.45, 7) is 6.53. The van der Waals surface area contributed by atoms with Crippen LogP contribution in [0.15, 0.2) is 23.4 Å². The van der Waals surface area contributed by atoms with E-state index in [4.69, 9.17) is 5.73 Å². The summed E-state index contributed by atoms with van der Waals surface area (Å²) in [7, 11) is 0. The molecule has 0 aliphatic carbocycles.